The highest BCUT2D eigenvalue weighted by Gasteiger charge is 2.36. The zero-order valence-corrected chi connectivity index (χ0v) is 13.8. The van der Waals surface area contributed by atoms with Crippen LogP contribution in [0.1, 0.15) is 41.5 Å². The second kappa shape index (κ2) is 5.15. The molecule has 0 saturated heterocycles. The Labute approximate surface area is 100 Å². The maximum absolute atomic E-state index is 6.15. The van der Waals surface area contributed by atoms with Crippen molar-refractivity contribution in [1.29, 1.82) is 0 Å². The van der Waals surface area contributed by atoms with Crippen molar-refractivity contribution in [2.24, 2.45) is 10.8 Å². The fourth-order valence-electron chi connectivity index (χ4n) is 2.62. The quantitative estimate of drug-likeness (QED) is 0.669. The molecule has 0 aliphatic carbocycles. The van der Waals surface area contributed by atoms with E-state index in [4.69, 9.17) is 4.12 Å². The summed E-state index contributed by atoms with van der Waals surface area (Å²) in [5, 5.41) is 0. The van der Waals surface area contributed by atoms with Crippen molar-refractivity contribution in [3.8, 4) is 0 Å². The summed E-state index contributed by atoms with van der Waals surface area (Å²) >= 11 is 0. The molecule has 0 aromatic heterocycles. The number of hydrogen-bond acceptors (Lipinski definition) is 1. The lowest BCUT2D eigenvalue weighted by atomic mass is 10.00. The second-order valence-corrected chi connectivity index (χ2v) is 12.1. The zero-order valence-electron chi connectivity index (χ0n) is 11.8. The minimum atomic E-state index is -1.51. The van der Waals surface area contributed by atoms with Crippen molar-refractivity contribution in [2.75, 3.05) is 0 Å². The molecule has 0 fully saturated rings. The van der Waals surface area contributed by atoms with Gasteiger partial charge in [0, 0.05) is 0 Å². The maximum Gasteiger partial charge on any atom is 0.211 e. The molecule has 0 heterocycles. The van der Waals surface area contributed by atoms with E-state index in [1.165, 1.54) is 12.1 Å². The lowest BCUT2D eigenvalue weighted by Crippen LogP contribution is -2.42. The number of rotatable bonds is 4. The molecule has 3 heteroatoms. The fraction of sp³-hybridized carbons (Fsp3) is 1.00. The smallest absolute Gasteiger partial charge is 0.211 e. The summed E-state index contributed by atoms with van der Waals surface area (Å²) in [7, 11) is -0.865. The monoisotopic (exact) mass is 244 g/mol. The van der Waals surface area contributed by atoms with Gasteiger partial charge in [0.1, 0.15) is 0 Å². The van der Waals surface area contributed by atoms with Crippen LogP contribution in [-0.2, 0) is 4.12 Å². The predicted octanol–water partition coefficient (Wildman–Crippen LogP) is 4.34. The van der Waals surface area contributed by atoms with Gasteiger partial charge < -0.3 is 4.12 Å². The molecule has 0 aliphatic heterocycles. The van der Waals surface area contributed by atoms with Crippen molar-refractivity contribution in [2.45, 2.75) is 66.7 Å². The highest BCUT2D eigenvalue weighted by molar-refractivity contribution is 6.76. The van der Waals surface area contributed by atoms with Gasteiger partial charge in [-0.15, -0.1) is 0 Å². The summed E-state index contributed by atoms with van der Waals surface area (Å²) in [5.41, 5.74) is 0.789. The molecular formula is C12H28OSi2. The molecule has 0 atom stereocenters. The first-order valence-corrected chi connectivity index (χ1v) is 10.1. The fourth-order valence-corrected chi connectivity index (χ4v) is 9.79. The van der Waals surface area contributed by atoms with Gasteiger partial charge in [-0.2, -0.15) is 0 Å². The van der Waals surface area contributed by atoms with Gasteiger partial charge in [0.25, 0.3) is 0 Å². The van der Waals surface area contributed by atoms with E-state index in [2.05, 4.69) is 54.6 Å². The Morgan fingerprint density at radius 1 is 0.933 bits per heavy atom. The van der Waals surface area contributed by atoms with Crippen LogP contribution < -0.4 is 0 Å². The van der Waals surface area contributed by atoms with Crippen LogP contribution in [-0.4, -0.2) is 18.1 Å². The van der Waals surface area contributed by atoms with Crippen molar-refractivity contribution < 1.29 is 4.12 Å². The van der Waals surface area contributed by atoms with E-state index in [-0.39, 0.29) is 0 Å². The SMILES string of the molecule is C[Si]O[Si](C)(CC(C)(C)C)CC(C)(C)C. The molecule has 0 spiro atoms. The first kappa shape index (κ1) is 15.4. The minimum absolute atomic E-state index is 0.395. The standard InChI is InChI=1S/C12H28OSi2/c1-11(2,3)9-15(8,13-14-7)10-12(4,5)6/h9-10H2,1-8H3. The maximum atomic E-state index is 6.15. The Bertz CT molecular complexity index is 173. The summed E-state index contributed by atoms with van der Waals surface area (Å²) in [6, 6.07) is 2.52. The van der Waals surface area contributed by atoms with Crippen LogP contribution in [0, 0.1) is 10.8 Å². The summed E-state index contributed by atoms with van der Waals surface area (Å²) in [4.78, 5) is 0. The Morgan fingerprint density at radius 3 is 1.47 bits per heavy atom. The lowest BCUT2D eigenvalue weighted by molar-refractivity contribution is 0.394. The molecule has 90 valence electrons. The van der Waals surface area contributed by atoms with Crippen molar-refractivity contribution >= 4 is 18.1 Å². The van der Waals surface area contributed by atoms with E-state index in [9.17, 15) is 0 Å². The molecule has 2 radical (unpaired) electrons. The van der Waals surface area contributed by atoms with Crippen LogP contribution in [0.15, 0.2) is 0 Å². The molecule has 0 aliphatic rings. The van der Waals surface area contributed by atoms with Gasteiger partial charge in [-0.05, 0) is 36.0 Å². The third kappa shape index (κ3) is 8.23. The first-order chi connectivity index (χ1) is 6.47. The van der Waals surface area contributed by atoms with E-state index in [1.807, 2.05) is 0 Å². The van der Waals surface area contributed by atoms with Crippen LogP contribution >= 0.6 is 0 Å². The Morgan fingerprint density at radius 2 is 1.27 bits per heavy atom. The van der Waals surface area contributed by atoms with Gasteiger partial charge in [-0.25, -0.2) is 0 Å². The molecule has 0 aromatic rings. The molecule has 15 heavy (non-hydrogen) atoms. The van der Waals surface area contributed by atoms with E-state index in [0.29, 0.717) is 20.6 Å². The van der Waals surface area contributed by atoms with Gasteiger partial charge in [0.15, 0.2) is 8.32 Å². The van der Waals surface area contributed by atoms with Gasteiger partial charge >= 0.3 is 0 Å². The van der Waals surface area contributed by atoms with Crippen LogP contribution in [0.2, 0.25) is 25.2 Å². The van der Waals surface area contributed by atoms with Gasteiger partial charge in [0.2, 0.25) is 9.76 Å². The van der Waals surface area contributed by atoms with Gasteiger partial charge in [-0.3, -0.25) is 0 Å². The van der Waals surface area contributed by atoms with E-state index in [0.717, 1.165) is 0 Å². The van der Waals surface area contributed by atoms with Crippen LogP contribution in [0.3, 0.4) is 0 Å². The first-order valence-electron chi connectivity index (χ1n) is 5.82. The number of hydrogen-bond donors (Lipinski definition) is 0. The topological polar surface area (TPSA) is 9.23 Å². The highest BCUT2D eigenvalue weighted by Crippen LogP contribution is 2.36. The summed E-state index contributed by atoms with van der Waals surface area (Å²) in [5.74, 6) is 0. The molecule has 0 N–H and O–H groups in total. The molecule has 0 aromatic carbocycles. The average molecular weight is 245 g/mol. The van der Waals surface area contributed by atoms with E-state index >= 15 is 0 Å². The van der Waals surface area contributed by atoms with Crippen LogP contribution in [0.25, 0.3) is 0 Å². The molecule has 0 bridgehead atoms. The van der Waals surface area contributed by atoms with E-state index in [1.54, 1.807) is 0 Å². The van der Waals surface area contributed by atoms with Crippen LogP contribution in [0.4, 0.5) is 0 Å². The lowest BCUT2D eigenvalue weighted by Gasteiger charge is -2.38. The Hall–Kier alpha value is 0.394. The van der Waals surface area contributed by atoms with Crippen molar-refractivity contribution in [3.63, 3.8) is 0 Å². The Kier molecular flexibility index (Phi) is 5.28. The zero-order chi connectivity index (χ0) is 12.3. The second-order valence-electron chi connectivity index (χ2n) is 7.23. The molecule has 0 unspecified atom stereocenters. The minimum Gasteiger partial charge on any atom is -0.456 e. The van der Waals surface area contributed by atoms with Gasteiger partial charge in [0.05, 0.1) is 0 Å². The molecular weight excluding hydrogens is 216 g/mol. The van der Waals surface area contributed by atoms with E-state index < -0.39 is 8.32 Å². The predicted molar refractivity (Wildman–Crippen MR) is 72.8 cm³/mol. The summed E-state index contributed by atoms with van der Waals surface area (Å²) < 4.78 is 6.15. The molecule has 1 nitrogen and oxygen atoms in total. The summed E-state index contributed by atoms with van der Waals surface area (Å²) in [6.07, 6.45) is 0. The molecule has 0 amide bonds. The Balaban J connectivity index is 4.59. The third-order valence-electron chi connectivity index (χ3n) is 2.16. The molecule has 0 saturated carbocycles. The largest absolute Gasteiger partial charge is 0.456 e. The normalized spacial score (nSPS) is 14.4. The average Bonchev–Trinajstić information content (AvgIpc) is 1.74. The highest BCUT2D eigenvalue weighted by atomic mass is 28.4. The third-order valence-corrected chi connectivity index (χ3v) is 8.56. The van der Waals surface area contributed by atoms with Crippen LogP contribution in [0.5, 0.6) is 0 Å². The molecule has 0 rings (SSSR count). The van der Waals surface area contributed by atoms with Crippen molar-refractivity contribution in [3.05, 3.63) is 0 Å². The summed E-state index contributed by atoms with van der Waals surface area (Å²) in [6.45, 7) is 18.5. The van der Waals surface area contributed by atoms with Crippen molar-refractivity contribution in [1.82, 2.24) is 0 Å². The van der Waals surface area contributed by atoms with Gasteiger partial charge in [-0.1, -0.05) is 41.5 Å².